The summed E-state index contributed by atoms with van der Waals surface area (Å²) in [5.41, 5.74) is 6.73. The van der Waals surface area contributed by atoms with Crippen molar-refractivity contribution in [3.63, 3.8) is 0 Å². The third-order valence-corrected chi connectivity index (χ3v) is 5.29. The fourth-order valence-electron chi connectivity index (χ4n) is 3.86. The number of fused-ring (bicyclic) bond motifs is 4. The molecule has 0 saturated carbocycles. The van der Waals surface area contributed by atoms with Crippen LogP contribution in [0, 0.1) is 0 Å². The lowest BCUT2D eigenvalue weighted by atomic mass is 10.0. The van der Waals surface area contributed by atoms with Crippen molar-refractivity contribution >= 4 is 33.7 Å². The number of rotatable bonds is 3. The van der Waals surface area contributed by atoms with E-state index in [0.717, 1.165) is 36.4 Å². The number of nitrogens with one attached hydrogen (secondary N) is 1. The van der Waals surface area contributed by atoms with E-state index in [1.165, 1.54) is 27.8 Å². The highest BCUT2D eigenvalue weighted by Gasteiger charge is 2.22. The van der Waals surface area contributed by atoms with Gasteiger partial charge in [-0.2, -0.15) is 4.98 Å². The summed E-state index contributed by atoms with van der Waals surface area (Å²) in [6.07, 6.45) is 1.00. The molecule has 6 heteroatoms. The molecular formula is C21H22N4O2. The van der Waals surface area contributed by atoms with Gasteiger partial charge in [-0.05, 0) is 48.4 Å². The van der Waals surface area contributed by atoms with E-state index in [9.17, 15) is 0 Å². The molecule has 0 amide bonds. The van der Waals surface area contributed by atoms with Gasteiger partial charge < -0.3 is 23.9 Å². The minimum atomic E-state index is 0.632. The molecule has 0 bridgehead atoms. The first-order valence-corrected chi connectivity index (χ1v) is 9.13. The molecule has 5 rings (SSSR count). The highest BCUT2D eigenvalue weighted by molar-refractivity contribution is 5.87. The van der Waals surface area contributed by atoms with Gasteiger partial charge in [0.15, 0.2) is 5.58 Å². The summed E-state index contributed by atoms with van der Waals surface area (Å²) >= 11 is 0. The van der Waals surface area contributed by atoms with Crippen LogP contribution in [0.2, 0.25) is 0 Å². The van der Waals surface area contributed by atoms with Crippen molar-refractivity contribution < 1.29 is 9.15 Å². The van der Waals surface area contributed by atoms with Crippen LogP contribution in [-0.4, -0.2) is 37.7 Å². The summed E-state index contributed by atoms with van der Waals surface area (Å²) in [6, 6.07) is 13.1. The highest BCUT2D eigenvalue weighted by atomic mass is 16.5. The first kappa shape index (κ1) is 16.1. The van der Waals surface area contributed by atoms with E-state index in [-0.39, 0.29) is 0 Å². The zero-order valence-electron chi connectivity index (χ0n) is 15.7. The van der Waals surface area contributed by atoms with Crippen LogP contribution in [-0.2, 0) is 13.0 Å². The number of hydrogen-bond donors (Lipinski definition) is 1. The molecule has 0 atom stereocenters. The Balaban J connectivity index is 1.49. The maximum absolute atomic E-state index is 5.77. The van der Waals surface area contributed by atoms with Crippen molar-refractivity contribution in [2.45, 2.75) is 13.0 Å². The van der Waals surface area contributed by atoms with Gasteiger partial charge in [-0.25, -0.2) is 0 Å². The Morgan fingerprint density at radius 2 is 2.07 bits per heavy atom. The van der Waals surface area contributed by atoms with Gasteiger partial charge in [0.05, 0.1) is 13.7 Å². The Bertz CT molecular complexity index is 1140. The molecule has 0 spiro atoms. The summed E-state index contributed by atoms with van der Waals surface area (Å²) in [6.45, 7) is 1.83. The summed E-state index contributed by atoms with van der Waals surface area (Å²) in [7, 11) is 5.58. The fraction of sp³-hybridized carbons (Fsp3) is 0.286. The average molecular weight is 362 g/mol. The molecule has 0 radical (unpaired) electrons. The van der Waals surface area contributed by atoms with E-state index in [4.69, 9.17) is 9.15 Å². The molecule has 6 nitrogen and oxygen atoms in total. The fourth-order valence-corrected chi connectivity index (χ4v) is 3.86. The molecule has 1 N–H and O–H groups in total. The molecule has 0 fully saturated rings. The van der Waals surface area contributed by atoms with Crippen molar-refractivity contribution in [1.82, 2.24) is 9.97 Å². The summed E-state index contributed by atoms with van der Waals surface area (Å²) < 4.78 is 11.2. The van der Waals surface area contributed by atoms with Gasteiger partial charge in [0.1, 0.15) is 11.3 Å². The molecule has 2 aromatic heterocycles. The number of nitrogens with zero attached hydrogens (tertiary/aromatic N) is 3. The summed E-state index contributed by atoms with van der Waals surface area (Å²) in [5.74, 6) is 0.903. The number of methoxy groups -OCH3 is 1. The van der Waals surface area contributed by atoms with Crippen molar-refractivity contribution in [3.8, 4) is 5.75 Å². The quantitative estimate of drug-likeness (QED) is 0.598. The highest BCUT2D eigenvalue weighted by Crippen LogP contribution is 2.33. The van der Waals surface area contributed by atoms with Crippen LogP contribution in [0.25, 0.3) is 22.0 Å². The Hall–Kier alpha value is -3.15. The van der Waals surface area contributed by atoms with Gasteiger partial charge in [-0.15, -0.1) is 0 Å². The molecule has 0 unspecified atom stereocenters. The van der Waals surface area contributed by atoms with Gasteiger partial charge in [-0.3, -0.25) is 0 Å². The minimum Gasteiger partial charge on any atom is -0.497 e. The summed E-state index contributed by atoms with van der Waals surface area (Å²) in [4.78, 5) is 12.4. The van der Waals surface area contributed by atoms with E-state index >= 15 is 0 Å². The first-order chi connectivity index (χ1) is 13.1. The number of benzene rings is 2. The zero-order valence-corrected chi connectivity index (χ0v) is 15.7. The van der Waals surface area contributed by atoms with Gasteiger partial charge in [0.25, 0.3) is 6.01 Å². The largest absolute Gasteiger partial charge is 0.497 e. The predicted molar refractivity (Wildman–Crippen MR) is 108 cm³/mol. The Morgan fingerprint density at radius 1 is 1.19 bits per heavy atom. The lowest BCUT2D eigenvalue weighted by Crippen LogP contribution is -2.30. The number of aromatic amines is 1. The van der Waals surface area contributed by atoms with Crippen LogP contribution < -0.4 is 14.5 Å². The Kier molecular flexibility index (Phi) is 3.53. The molecule has 2 aromatic carbocycles. The van der Waals surface area contributed by atoms with E-state index < -0.39 is 0 Å². The second kappa shape index (κ2) is 5.94. The van der Waals surface area contributed by atoms with E-state index in [1.807, 2.05) is 31.1 Å². The van der Waals surface area contributed by atoms with E-state index in [0.29, 0.717) is 6.01 Å². The molecule has 1 aliphatic rings. The maximum Gasteiger partial charge on any atom is 0.297 e. The SMILES string of the molecule is COc1ccc2[nH]c3c(c2c1)CCN(c1ccc2oc(N(C)C)nc2c1)C3. The lowest BCUT2D eigenvalue weighted by molar-refractivity contribution is 0.415. The Morgan fingerprint density at radius 3 is 2.89 bits per heavy atom. The number of anilines is 2. The van der Waals surface area contributed by atoms with Crippen molar-refractivity contribution in [2.75, 3.05) is 37.5 Å². The predicted octanol–water partition coefficient (Wildman–Crippen LogP) is 3.95. The first-order valence-electron chi connectivity index (χ1n) is 9.13. The molecule has 3 heterocycles. The number of aromatic nitrogens is 2. The molecule has 1 aliphatic heterocycles. The van der Waals surface area contributed by atoms with Crippen molar-refractivity contribution in [3.05, 3.63) is 47.7 Å². The molecule has 0 saturated heterocycles. The third kappa shape index (κ3) is 2.60. The second-order valence-electron chi connectivity index (χ2n) is 7.21. The number of ether oxygens (including phenoxy) is 1. The molecule has 0 aliphatic carbocycles. The molecule has 27 heavy (non-hydrogen) atoms. The number of H-pyrrole nitrogens is 1. The van der Waals surface area contributed by atoms with Gasteiger partial charge in [-0.1, -0.05) is 0 Å². The van der Waals surface area contributed by atoms with Gasteiger partial charge in [0.2, 0.25) is 0 Å². The second-order valence-corrected chi connectivity index (χ2v) is 7.21. The Labute approximate surface area is 157 Å². The monoisotopic (exact) mass is 362 g/mol. The normalized spacial score (nSPS) is 14.0. The van der Waals surface area contributed by atoms with Gasteiger partial charge >= 0.3 is 0 Å². The molecule has 4 aromatic rings. The van der Waals surface area contributed by atoms with Gasteiger partial charge in [0, 0.05) is 42.9 Å². The van der Waals surface area contributed by atoms with Crippen molar-refractivity contribution in [1.29, 1.82) is 0 Å². The van der Waals surface area contributed by atoms with E-state index in [1.54, 1.807) is 7.11 Å². The van der Waals surface area contributed by atoms with Crippen LogP contribution in [0.4, 0.5) is 11.7 Å². The third-order valence-electron chi connectivity index (χ3n) is 5.29. The average Bonchev–Trinajstić information content (AvgIpc) is 3.27. The zero-order chi connectivity index (χ0) is 18.5. The standard InChI is InChI=1S/C21H22N4O2/c1-24(2)21-23-18-10-13(4-7-20(18)27-21)25-9-8-15-16-11-14(26-3)5-6-17(16)22-19(15)12-25/h4-7,10-11,22H,8-9,12H2,1-3H3. The topological polar surface area (TPSA) is 57.5 Å². The summed E-state index contributed by atoms with van der Waals surface area (Å²) in [5, 5.41) is 1.27. The van der Waals surface area contributed by atoms with Crippen LogP contribution in [0.1, 0.15) is 11.3 Å². The number of oxazole rings is 1. The smallest absolute Gasteiger partial charge is 0.297 e. The van der Waals surface area contributed by atoms with E-state index in [2.05, 4.69) is 39.1 Å². The van der Waals surface area contributed by atoms with Crippen LogP contribution in [0.3, 0.4) is 0 Å². The molecular weight excluding hydrogens is 340 g/mol. The van der Waals surface area contributed by atoms with Crippen LogP contribution in [0.5, 0.6) is 5.75 Å². The van der Waals surface area contributed by atoms with Crippen LogP contribution in [0.15, 0.2) is 40.8 Å². The number of hydrogen-bond acceptors (Lipinski definition) is 5. The van der Waals surface area contributed by atoms with Crippen LogP contribution >= 0.6 is 0 Å². The van der Waals surface area contributed by atoms with Crippen molar-refractivity contribution in [2.24, 2.45) is 0 Å². The maximum atomic E-state index is 5.77. The minimum absolute atomic E-state index is 0.632. The lowest BCUT2D eigenvalue weighted by Gasteiger charge is -2.29. The molecule has 138 valence electrons.